The minimum absolute atomic E-state index is 0.222. The van der Waals surface area contributed by atoms with Gasteiger partial charge in [0.15, 0.2) is 0 Å². The molecule has 0 aliphatic rings. The Morgan fingerprint density at radius 3 is 2.30 bits per heavy atom. The maximum Gasteiger partial charge on any atom is 0.391 e. The number of nitrogens with two attached hydrogens (primary N) is 1. The lowest BCUT2D eigenvalue weighted by atomic mass is 10.1. The van der Waals surface area contributed by atoms with Gasteiger partial charge in [0.1, 0.15) is 28.7 Å². The second kappa shape index (κ2) is 6.69. The van der Waals surface area contributed by atoms with Crippen LogP contribution in [0.25, 0.3) is 16.6 Å². The molecule has 0 fully saturated rings. The average molecular weight is 387 g/mol. The third-order valence-electron chi connectivity index (χ3n) is 3.76. The predicted molar refractivity (Wildman–Crippen MR) is 84.8 cm³/mol. The zero-order valence-electron chi connectivity index (χ0n) is 13.4. The Labute approximate surface area is 147 Å². The summed E-state index contributed by atoms with van der Waals surface area (Å²) in [5.41, 5.74) is 3.76. The van der Waals surface area contributed by atoms with E-state index in [2.05, 4.69) is 4.98 Å². The zero-order chi connectivity index (χ0) is 19.9. The summed E-state index contributed by atoms with van der Waals surface area (Å²) in [6, 6.07) is 3.51. The van der Waals surface area contributed by atoms with Crippen molar-refractivity contribution in [1.29, 1.82) is 0 Å². The van der Waals surface area contributed by atoms with Crippen molar-refractivity contribution in [3.8, 4) is 5.69 Å². The van der Waals surface area contributed by atoms with Gasteiger partial charge < -0.3 is 5.73 Å². The fraction of sp³-hybridized carbons (Fsp3) is 0.176. The van der Waals surface area contributed by atoms with Crippen molar-refractivity contribution in [1.82, 2.24) is 9.55 Å². The lowest BCUT2D eigenvalue weighted by Gasteiger charge is -2.19. The molecule has 0 amide bonds. The van der Waals surface area contributed by atoms with Crippen LogP contribution in [0.3, 0.4) is 0 Å². The van der Waals surface area contributed by atoms with Crippen LogP contribution >= 0.6 is 0 Å². The number of aromatic nitrogens is 2. The molecule has 0 unspecified atom stereocenters. The highest BCUT2D eigenvalue weighted by molar-refractivity contribution is 5.78. The van der Waals surface area contributed by atoms with Crippen molar-refractivity contribution in [3.63, 3.8) is 0 Å². The fourth-order valence-corrected chi connectivity index (χ4v) is 2.71. The monoisotopic (exact) mass is 387 g/mol. The molecule has 1 heterocycles. The van der Waals surface area contributed by atoms with Crippen LogP contribution in [0.4, 0.5) is 26.3 Å². The van der Waals surface area contributed by atoms with Gasteiger partial charge in [-0.1, -0.05) is 6.07 Å². The number of fused-ring (bicyclic) bond motifs is 1. The molecule has 142 valence electrons. The van der Waals surface area contributed by atoms with Gasteiger partial charge in [-0.15, -0.1) is 0 Å². The predicted octanol–water partition coefficient (Wildman–Crippen LogP) is 3.76. The first-order valence-electron chi connectivity index (χ1n) is 7.57. The summed E-state index contributed by atoms with van der Waals surface area (Å²) in [5.74, 6) is -3.74. The van der Waals surface area contributed by atoms with E-state index in [1.807, 2.05) is 0 Å². The summed E-state index contributed by atoms with van der Waals surface area (Å²) in [6.07, 6.45) is -6.23. The summed E-state index contributed by atoms with van der Waals surface area (Å²) in [6.45, 7) is 0. The second-order valence-corrected chi connectivity index (χ2v) is 5.80. The summed E-state index contributed by atoms with van der Waals surface area (Å²) < 4.78 is 80.0. The van der Waals surface area contributed by atoms with E-state index < -0.39 is 58.5 Å². The molecule has 3 aromatic rings. The van der Waals surface area contributed by atoms with E-state index in [1.54, 1.807) is 0 Å². The van der Waals surface area contributed by atoms with Crippen molar-refractivity contribution in [2.24, 2.45) is 5.73 Å². The highest BCUT2D eigenvalue weighted by Crippen LogP contribution is 2.29. The maximum absolute atomic E-state index is 14.1. The van der Waals surface area contributed by atoms with Crippen LogP contribution in [-0.4, -0.2) is 15.7 Å². The molecule has 3 rings (SSSR count). The van der Waals surface area contributed by atoms with E-state index in [-0.39, 0.29) is 5.52 Å². The van der Waals surface area contributed by atoms with Crippen molar-refractivity contribution >= 4 is 10.9 Å². The molecule has 2 N–H and O–H groups in total. The third kappa shape index (κ3) is 3.80. The Kier molecular flexibility index (Phi) is 4.68. The topological polar surface area (TPSA) is 60.9 Å². The van der Waals surface area contributed by atoms with Crippen molar-refractivity contribution < 1.29 is 26.3 Å². The minimum Gasteiger partial charge on any atom is -0.321 e. The Morgan fingerprint density at radius 2 is 1.70 bits per heavy atom. The largest absolute Gasteiger partial charge is 0.391 e. The number of hydrogen-bond donors (Lipinski definition) is 1. The normalized spacial score (nSPS) is 13.1. The summed E-state index contributed by atoms with van der Waals surface area (Å²) >= 11 is 0. The van der Waals surface area contributed by atoms with Gasteiger partial charge in [-0.05, 0) is 24.3 Å². The van der Waals surface area contributed by atoms with Crippen molar-refractivity contribution in [2.75, 3.05) is 0 Å². The van der Waals surface area contributed by atoms with Crippen LogP contribution in [0.1, 0.15) is 18.3 Å². The lowest BCUT2D eigenvalue weighted by Crippen LogP contribution is -2.31. The average Bonchev–Trinajstić information content (AvgIpc) is 2.51. The smallest absolute Gasteiger partial charge is 0.321 e. The maximum atomic E-state index is 14.1. The van der Waals surface area contributed by atoms with E-state index in [4.69, 9.17) is 5.73 Å². The number of alkyl halides is 3. The van der Waals surface area contributed by atoms with Gasteiger partial charge in [-0.25, -0.2) is 18.2 Å². The molecule has 0 radical (unpaired) electrons. The van der Waals surface area contributed by atoms with Gasteiger partial charge in [-0.3, -0.25) is 9.36 Å². The fourth-order valence-electron chi connectivity index (χ4n) is 2.71. The van der Waals surface area contributed by atoms with Gasteiger partial charge in [0.2, 0.25) is 0 Å². The van der Waals surface area contributed by atoms with Gasteiger partial charge >= 0.3 is 6.18 Å². The van der Waals surface area contributed by atoms with Gasteiger partial charge in [0, 0.05) is 6.07 Å². The number of rotatable bonds is 3. The van der Waals surface area contributed by atoms with E-state index in [0.29, 0.717) is 22.8 Å². The lowest BCUT2D eigenvalue weighted by molar-refractivity contribution is -0.139. The zero-order valence-corrected chi connectivity index (χ0v) is 13.4. The van der Waals surface area contributed by atoms with Crippen molar-refractivity contribution in [3.05, 3.63) is 70.0 Å². The first-order chi connectivity index (χ1) is 12.6. The summed E-state index contributed by atoms with van der Waals surface area (Å²) in [4.78, 5) is 16.6. The molecule has 10 heteroatoms. The van der Waals surface area contributed by atoms with Crippen LogP contribution in [0.2, 0.25) is 0 Å². The highest BCUT2D eigenvalue weighted by Gasteiger charge is 2.33. The molecule has 0 saturated heterocycles. The molecule has 0 aliphatic heterocycles. The molecule has 0 bridgehead atoms. The Morgan fingerprint density at radius 1 is 1.07 bits per heavy atom. The molecule has 0 aliphatic carbocycles. The number of benzene rings is 2. The third-order valence-corrected chi connectivity index (χ3v) is 3.76. The standard InChI is InChI=1S/C17H11F6N3O/c18-8-4-9(19)6-10(5-8)26-15(12(24)7-17(21,22)23)25-13-3-1-2-11(20)14(13)16(26)27/h1-6,12H,7,24H2/t12-/m0/s1. The van der Waals surface area contributed by atoms with Gasteiger partial charge in [-0.2, -0.15) is 13.2 Å². The van der Waals surface area contributed by atoms with E-state index >= 15 is 0 Å². The molecule has 1 aromatic heterocycles. The first kappa shape index (κ1) is 18.9. The number of nitrogens with zero attached hydrogens (tertiary/aromatic N) is 2. The molecule has 27 heavy (non-hydrogen) atoms. The molecular formula is C17H11F6N3O. The SMILES string of the molecule is N[C@@H](CC(F)(F)F)c1nc2cccc(F)c2c(=O)n1-c1cc(F)cc(F)c1. The quantitative estimate of drug-likeness (QED) is 0.697. The molecule has 0 spiro atoms. The summed E-state index contributed by atoms with van der Waals surface area (Å²) in [5, 5.41) is -0.537. The van der Waals surface area contributed by atoms with Crippen LogP contribution < -0.4 is 11.3 Å². The Bertz CT molecular complexity index is 1060. The number of hydrogen-bond acceptors (Lipinski definition) is 3. The van der Waals surface area contributed by atoms with Crippen LogP contribution in [0, 0.1) is 17.5 Å². The minimum atomic E-state index is -4.69. The van der Waals surface area contributed by atoms with E-state index in [1.165, 1.54) is 12.1 Å². The first-order valence-corrected chi connectivity index (χ1v) is 7.57. The van der Waals surface area contributed by atoms with Crippen LogP contribution in [0.15, 0.2) is 41.2 Å². The van der Waals surface area contributed by atoms with Gasteiger partial charge in [0.05, 0.1) is 23.7 Å². The number of halogens is 6. The van der Waals surface area contributed by atoms with E-state index in [9.17, 15) is 31.1 Å². The van der Waals surface area contributed by atoms with Crippen LogP contribution in [0.5, 0.6) is 0 Å². The molecule has 0 saturated carbocycles. The van der Waals surface area contributed by atoms with Gasteiger partial charge in [0.25, 0.3) is 5.56 Å². The molecule has 2 aromatic carbocycles. The Hall–Kier alpha value is -2.88. The molecule has 1 atom stereocenters. The second-order valence-electron chi connectivity index (χ2n) is 5.80. The van der Waals surface area contributed by atoms with Crippen LogP contribution in [-0.2, 0) is 0 Å². The summed E-state index contributed by atoms with van der Waals surface area (Å²) in [7, 11) is 0. The van der Waals surface area contributed by atoms with E-state index in [0.717, 1.165) is 6.07 Å². The Balaban J connectivity index is 2.37. The molecular weight excluding hydrogens is 376 g/mol. The van der Waals surface area contributed by atoms with Crippen molar-refractivity contribution in [2.45, 2.75) is 18.6 Å². The highest BCUT2D eigenvalue weighted by atomic mass is 19.4. The molecule has 4 nitrogen and oxygen atoms in total.